The lowest BCUT2D eigenvalue weighted by atomic mass is 9.99. The average Bonchev–Trinajstić information content (AvgIpc) is 2.45. The predicted octanol–water partition coefficient (Wildman–Crippen LogP) is 4.27. The second-order valence-electron chi connectivity index (χ2n) is 4.54. The van der Waals surface area contributed by atoms with Gasteiger partial charge in [-0.2, -0.15) is 0 Å². The summed E-state index contributed by atoms with van der Waals surface area (Å²) in [4.78, 5) is 0. The van der Waals surface area contributed by atoms with Crippen LogP contribution in [0, 0.1) is 24.4 Å². The quantitative estimate of drug-likeness (QED) is 0.828. The molecule has 0 fully saturated rings. The fraction of sp³-hybridized carbons (Fsp3) is 0.200. The highest BCUT2D eigenvalue weighted by Crippen LogP contribution is 2.35. The van der Waals surface area contributed by atoms with Gasteiger partial charge >= 0.3 is 0 Å². The van der Waals surface area contributed by atoms with Crippen molar-refractivity contribution < 1.29 is 23.0 Å². The highest BCUT2D eigenvalue weighted by molar-refractivity contribution is 9.10. The number of ether oxygens (including phenoxy) is 1. The van der Waals surface area contributed by atoms with Crippen molar-refractivity contribution in [1.82, 2.24) is 0 Å². The Morgan fingerprint density at radius 3 is 2.19 bits per heavy atom. The van der Waals surface area contributed by atoms with E-state index in [0.717, 1.165) is 17.7 Å². The maximum Gasteiger partial charge on any atom is 0.194 e. The zero-order chi connectivity index (χ0) is 15.7. The van der Waals surface area contributed by atoms with Crippen molar-refractivity contribution in [2.75, 3.05) is 7.11 Å². The Morgan fingerprint density at radius 1 is 1.10 bits per heavy atom. The van der Waals surface area contributed by atoms with Gasteiger partial charge in [-0.3, -0.25) is 0 Å². The van der Waals surface area contributed by atoms with Gasteiger partial charge in [-0.15, -0.1) is 0 Å². The van der Waals surface area contributed by atoms with E-state index < -0.39 is 23.6 Å². The van der Waals surface area contributed by atoms with E-state index in [-0.39, 0.29) is 5.56 Å². The molecule has 0 bridgehead atoms. The summed E-state index contributed by atoms with van der Waals surface area (Å²) in [6.07, 6.45) is -1.35. The first-order valence-electron chi connectivity index (χ1n) is 6.01. The molecule has 2 aromatic rings. The van der Waals surface area contributed by atoms with Crippen LogP contribution in [0.5, 0.6) is 5.75 Å². The zero-order valence-electron chi connectivity index (χ0n) is 11.3. The molecule has 6 heteroatoms. The van der Waals surface area contributed by atoms with E-state index in [4.69, 9.17) is 4.74 Å². The summed E-state index contributed by atoms with van der Waals surface area (Å²) in [6.45, 7) is 1.83. The van der Waals surface area contributed by atoms with Crippen LogP contribution in [0.2, 0.25) is 0 Å². The maximum absolute atomic E-state index is 13.3. The summed E-state index contributed by atoms with van der Waals surface area (Å²) < 4.78 is 45.4. The van der Waals surface area contributed by atoms with Crippen LogP contribution in [-0.4, -0.2) is 12.2 Å². The van der Waals surface area contributed by atoms with Gasteiger partial charge in [0.05, 0.1) is 7.11 Å². The van der Waals surface area contributed by atoms with Gasteiger partial charge in [-0.1, -0.05) is 15.9 Å². The Bertz CT molecular complexity index is 666. The molecule has 0 amide bonds. The molecule has 2 nitrogen and oxygen atoms in total. The van der Waals surface area contributed by atoms with Crippen molar-refractivity contribution in [2.45, 2.75) is 13.0 Å². The van der Waals surface area contributed by atoms with E-state index in [1.807, 2.05) is 6.92 Å². The number of hydrogen-bond acceptors (Lipinski definition) is 2. The van der Waals surface area contributed by atoms with Gasteiger partial charge in [0.15, 0.2) is 17.5 Å². The van der Waals surface area contributed by atoms with Crippen molar-refractivity contribution in [3.05, 3.63) is 62.9 Å². The summed E-state index contributed by atoms with van der Waals surface area (Å²) in [7, 11) is 1.42. The molecular formula is C15H12BrF3O2. The molecule has 21 heavy (non-hydrogen) atoms. The first-order valence-corrected chi connectivity index (χ1v) is 6.81. The minimum absolute atomic E-state index is 0.0968. The molecule has 0 heterocycles. The summed E-state index contributed by atoms with van der Waals surface area (Å²) in [5, 5.41) is 10.3. The summed E-state index contributed by atoms with van der Waals surface area (Å²) in [6, 6.07) is 4.80. The molecule has 0 saturated heterocycles. The summed E-state index contributed by atoms with van der Waals surface area (Å²) >= 11 is 3.32. The van der Waals surface area contributed by atoms with Crippen LogP contribution in [0.3, 0.4) is 0 Å². The number of aliphatic hydroxyl groups excluding tert-OH is 1. The minimum Gasteiger partial charge on any atom is -0.496 e. The second kappa shape index (κ2) is 6.07. The molecule has 0 spiro atoms. The Balaban J connectivity index is 2.54. The number of aryl methyl sites for hydroxylation is 1. The lowest BCUT2D eigenvalue weighted by Gasteiger charge is -2.17. The standard InChI is InChI=1S/C15H12BrF3O2/c1-7-3-13(21-2)9(6-10(7)16)15(20)8-4-11(17)14(19)12(18)5-8/h3-6,15,20H,1-2H3. The number of rotatable bonds is 3. The highest BCUT2D eigenvalue weighted by atomic mass is 79.9. The molecule has 1 atom stereocenters. The van der Waals surface area contributed by atoms with Gasteiger partial charge in [0, 0.05) is 10.0 Å². The Hall–Kier alpha value is -1.53. The van der Waals surface area contributed by atoms with Gasteiger partial charge in [0.2, 0.25) is 0 Å². The minimum atomic E-state index is -1.57. The monoisotopic (exact) mass is 360 g/mol. The molecule has 112 valence electrons. The largest absolute Gasteiger partial charge is 0.496 e. The van der Waals surface area contributed by atoms with E-state index in [9.17, 15) is 18.3 Å². The number of halogens is 4. The zero-order valence-corrected chi connectivity index (χ0v) is 12.8. The fourth-order valence-corrected chi connectivity index (χ4v) is 2.33. The van der Waals surface area contributed by atoms with Gasteiger partial charge in [-0.05, 0) is 42.3 Å². The third-order valence-corrected chi connectivity index (χ3v) is 3.98. The third kappa shape index (κ3) is 3.06. The second-order valence-corrected chi connectivity index (χ2v) is 5.40. The van der Waals surface area contributed by atoms with Crippen molar-refractivity contribution in [3.63, 3.8) is 0 Å². The van der Waals surface area contributed by atoms with Crippen LogP contribution in [0.4, 0.5) is 13.2 Å². The van der Waals surface area contributed by atoms with Crippen LogP contribution in [0.1, 0.15) is 22.8 Å². The Morgan fingerprint density at radius 2 is 1.67 bits per heavy atom. The van der Waals surface area contributed by atoms with Crippen LogP contribution >= 0.6 is 15.9 Å². The first-order chi connectivity index (χ1) is 9.85. The third-order valence-electron chi connectivity index (χ3n) is 3.13. The molecule has 0 radical (unpaired) electrons. The number of aliphatic hydroxyl groups is 1. The molecule has 0 aliphatic carbocycles. The van der Waals surface area contributed by atoms with E-state index in [1.54, 1.807) is 12.1 Å². The lowest BCUT2D eigenvalue weighted by molar-refractivity contribution is 0.213. The predicted molar refractivity (Wildman–Crippen MR) is 75.8 cm³/mol. The molecule has 0 aromatic heterocycles. The van der Waals surface area contributed by atoms with Gasteiger partial charge in [0.25, 0.3) is 0 Å². The SMILES string of the molecule is COc1cc(C)c(Br)cc1C(O)c1cc(F)c(F)c(F)c1. The first kappa shape index (κ1) is 15.9. The Kier molecular flexibility index (Phi) is 4.58. The molecule has 1 N–H and O–H groups in total. The fourth-order valence-electron chi connectivity index (χ4n) is 1.97. The van der Waals surface area contributed by atoms with Gasteiger partial charge in [-0.25, -0.2) is 13.2 Å². The van der Waals surface area contributed by atoms with E-state index in [1.165, 1.54) is 7.11 Å². The summed E-state index contributed by atoms with van der Waals surface area (Å²) in [5.74, 6) is -3.90. The molecule has 1 unspecified atom stereocenters. The number of benzene rings is 2. The van der Waals surface area contributed by atoms with Gasteiger partial charge < -0.3 is 9.84 Å². The summed E-state index contributed by atoms with van der Waals surface area (Å²) in [5.41, 5.74) is 1.10. The topological polar surface area (TPSA) is 29.5 Å². The number of hydrogen-bond donors (Lipinski definition) is 1. The molecule has 0 saturated carbocycles. The van der Waals surface area contributed by atoms with Crippen molar-refractivity contribution >= 4 is 15.9 Å². The molecule has 2 rings (SSSR count). The number of methoxy groups -OCH3 is 1. The normalized spacial score (nSPS) is 12.3. The van der Waals surface area contributed by atoms with Crippen LogP contribution in [0.15, 0.2) is 28.7 Å². The Labute approximate surface area is 128 Å². The average molecular weight is 361 g/mol. The van der Waals surface area contributed by atoms with Gasteiger partial charge in [0.1, 0.15) is 11.9 Å². The maximum atomic E-state index is 13.3. The van der Waals surface area contributed by atoms with Crippen LogP contribution < -0.4 is 4.74 Å². The molecule has 2 aromatic carbocycles. The smallest absolute Gasteiger partial charge is 0.194 e. The van der Waals surface area contributed by atoms with Crippen molar-refractivity contribution in [2.24, 2.45) is 0 Å². The van der Waals surface area contributed by atoms with Crippen LogP contribution in [-0.2, 0) is 0 Å². The molecule has 0 aliphatic heterocycles. The molecular weight excluding hydrogens is 349 g/mol. The van der Waals surface area contributed by atoms with Crippen molar-refractivity contribution in [1.29, 1.82) is 0 Å². The van der Waals surface area contributed by atoms with E-state index >= 15 is 0 Å². The molecule has 0 aliphatic rings. The lowest BCUT2D eigenvalue weighted by Crippen LogP contribution is -2.05. The highest BCUT2D eigenvalue weighted by Gasteiger charge is 2.20. The van der Waals surface area contributed by atoms with Crippen molar-refractivity contribution in [3.8, 4) is 5.75 Å². The van der Waals surface area contributed by atoms with E-state index in [0.29, 0.717) is 15.8 Å². The van der Waals surface area contributed by atoms with E-state index in [2.05, 4.69) is 15.9 Å². The van der Waals surface area contributed by atoms with Crippen LogP contribution in [0.25, 0.3) is 0 Å².